The van der Waals surface area contributed by atoms with Gasteiger partial charge < -0.3 is 35.5 Å². The molecular weight excluding hydrogens is 416 g/mol. The molecule has 166 valence electrons. The average Bonchev–Trinajstić information content (AvgIpc) is 3.18. The Morgan fingerprint density at radius 1 is 1.31 bits per heavy atom. The maximum atomic E-state index is 13.0. The van der Waals surface area contributed by atoms with Gasteiger partial charge in [0.1, 0.15) is 5.82 Å². The van der Waals surface area contributed by atoms with Crippen LogP contribution in [0.5, 0.6) is 0 Å². The quantitative estimate of drug-likeness (QED) is 0.439. The Labute approximate surface area is 182 Å². The third-order valence-corrected chi connectivity index (χ3v) is 5.25. The van der Waals surface area contributed by atoms with E-state index in [-0.39, 0.29) is 18.7 Å². The van der Waals surface area contributed by atoms with Crippen molar-refractivity contribution in [3.05, 3.63) is 54.2 Å². The number of hydrogen-bond donors (Lipinski definition) is 4. The van der Waals surface area contributed by atoms with Crippen molar-refractivity contribution < 1.29 is 29.0 Å². The number of morpholine rings is 1. The number of nitrogens with two attached hydrogens (primary N) is 1. The number of aliphatic hydroxyl groups is 1. The molecule has 0 saturated carbocycles. The van der Waals surface area contributed by atoms with Crippen LogP contribution < -0.4 is 16.0 Å². The van der Waals surface area contributed by atoms with Gasteiger partial charge in [0.25, 0.3) is 11.8 Å². The van der Waals surface area contributed by atoms with Gasteiger partial charge in [-0.3, -0.25) is 9.59 Å². The summed E-state index contributed by atoms with van der Waals surface area (Å²) in [6.45, 7) is 0.317. The van der Waals surface area contributed by atoms with E-state index in [1.165, 1.54) is 18.1 Å². The first-order valence-corrected chi connectivity index (χ1v) is 9.86. The SMILES string of the molecule is COC(=O)c1cccc(N2CCO[C@H]([C@@H](O)C(=O)Nc3ccc4c(N)[nH]cc4c3)C2=O)c1. The molecule has 4 rings (SSSR count). The first-order valence-electron chi connectivity index (χ1n) is 9.86. The van der Waals surface area contributed by atoms with Crippen LogP contribution in [0.25, 0.3) is 10.8 Å². The molecule has 32 heavy (non-hydrogen) atoms. The molecule has 5 N–H and O–H groups in total. The second kappa shape index (κ2) is 8.69. The number of hydrogen-bond acceptors (Lipinski definition) is 7. The van der Waals surface area contributed by atoms with Gasteiger partial charge in [0.05, 0.1) is 19.3 Å². The zero-order chi connectivity index (χ0) is 22.8. The number of carbonyl (C=O) groups excluding carboxylic acids is 3. The molecule has 10 heteroatoms. The number of fused-ring (bicyclic) bond motifs is 1. The number of aromatic nitrogens is 1. The maximum Gasteiger partial charge on any atom is 0.337 e. The third kappa shape index (κ3) is 4.01. The van der Waals surface area contributed by atoms with Crippen molar-refractivity contribution in [1.29, 1.82) is 0 Å². The molecule has 1 saturated heterocycles. The minimum absolute atomic E-state index is 0.109. The fraction of sp³-hybridized carbons (Fsp3) is 0.227. The molecule has 3 aromatic rings. The number of carbonyl (C=O) groups is 3. The monoisotopic (exact) mass is 438 g/mol. The van der Waals surface area contributed by atoms with Gasteiger partial charge in [-0.1, -0.05) is 6.07 Å². The van der Waals surface area contributed by atoms with Crippen LogP contribution in [0.3, 0.4) is 0 Å². The number of nitrogen functional groups attached to an aromatic ring is 1. The number of nitrogens with one attached hydrogen (secondary N) is 2. The van der Waals surface area contributed by atoms with E-state index in [1.54, 1.807) is 42.6 Å². The number of esters is 1. The molecular formula is C22H22N4O6. The van der Waals surface area contributed by atoms with Crippen LogP contribution in [0.4, 0.5) is 17.2 Å². The molecule has 0 unspecified atom stereocenters. The summed E-state index contributed by atoms with van der Waals surface area (Å²) in [5, 5.41) is 14.7. The Kier molecular flexibility index (Phi) is 5.80. The summed E-state index contributed by atoms with van der Waals surface area (Å²) in [4.78, 5) is 41.6. The Hall–Kier alpha value is -3.89. The molecule has 10 nitrogen and oxygen atoms in total. The Balaban J connectivity index is 1.49. The molecule has 0 bridgehead atoms. The molecule has 1 aliphatic rings. The van der Waals surface area contributed by atoms with Crippen LogP contribution in [0.1, 0.15) is 10.4 Å². The van der Waals surface area contributed by atoms with Crippen molar-refractivity contribution in [1.82, 2.24) is 4.98 Å². The lowest BCUT2D eigenvalue weighted by atomic mass is 10.1. The summed E-state index contributed by atoms with van der Waals surface area (Å²) in [5.41, 5.74) is 6.97. The number of amides is 2. The number of rotatable bonds is 5. The normalized spacial score (nSPS) is 17.2. The first-order chi connectivity index (χ1) is 15.4. The fourth-order valence-electron chi connectivity index (χ4n) is 3.60. The van der Waals surface area contributed by atoms with Crippen molar-refractivity contribution in [3.63, 3.8) is 0 Å². The summed E-state index contributed by atoms with van der Waals surface area (Å²) in [6.07, 6.45) is -1.43. The van der Waals surface area contributed by atoms with Crippen LogP contribution in [-0.4, -0.2) is 60.3 Å². The van der Waals surface area contributed by atoms with E-state index in [1.807, 2.05) is 0 Å². The molecule has 0 aliphatic carbocycles. The van der Waals surface area contributed by atoms with Gasteiger partial charge in [-0.05, 0) is 36.4 Å². The Morgan fingerprint density at radius 3 is 2.91 bits per heavy atom. The molecule has 1 fully saturated rings. The molecule has 1 aromatic heterocycles. The van der Waals surface area contributed by atoms with Crippen molar-refractivity contribution in [2.24, 2.45) is 0 Å². The number of methoxy groups -OCH3 is 1. The number of H-pyrrole nitrogens is 1. The Morgan fingerprint density at radius 2 is 2.12 bits per heavy atom. The van der Waals surface area contributed by atoms with Gasteiger partial charge in [-0.15, -0.1) is 0 Å². The molecule has 0 radical (unpaired) electrons. The highest BCUT2D eigenvalue weighted by atomic mass is 16.5. The topological polar surface area (TPSA) is 147 Å². The van der Waals surface area contributed by atoms with Crippen LogP contribution in [0, 0.1) is 0 Å². The van der Waals surface area contributed by atoms with E-state index in [4.69, 9.17) is 15.2 Å². The average molecular weight is 438 g/mol. The van der Waals surface area contributed by atoms with Gasteiger partial charge >= 0.3 is 5.97 Å². The van der Waals surface area contributed by atoms with Gasteiger partial charge in [0.2, 0.25) is 0 Å². The predicted molar refractivity (Wildman–Crippen MR) is 117 cm³/mol. The number of anilines is 3. The standard InChI is InChI=1S/C22H22N4O6/c1-31-22(30)12-3-2-4-15(10-12)26-7-8-32-18(21(26)29)17(27)20(28)25-14-5-6-16-13(9-14)11-24-19(16)23/h2-6,9-11,17-18,24,27H,7-8,23H2,1H3,(H,25,28)/t17-,18-/m1/s1. The first kappa shape index (κ1) is 21.3. The largest absolute Gasteiger partial charge is 0.465 e. The van der Waals surface area contributed by atoms with E-state index in [0.717, 1.165) is 10.8 Å². The summed E-state index contributed by atoms with van der Waals surface area (Å²) in [7, 11) is 1.27. The van der Waals surface area contributed by atoms with Crippen molar-refractivity contribution in [2.45, 2.75) is 12.2 Å². The number of ether oxygens (including phenoxy) is 2. The highest BCUT2D eigenvalue weighted by molar-refractivity contribution is 6.05. The smallest absolute Gasteiger partial charge is 0.337 e. The van der Waals surface area contributed by atoms with Crippen molar-refractivity contribution in [3.8, 4) is 0 Å². The maximum absolute atomic E-state index is 13.0. The minimum Gasteiger partial charge on any atom is -0.465 e. The van der Waals surface area contributed by atoms with Gasteiger partial charge in [-0.2, -0.15) is 0 Å². The summed E-state index contributed by atoms with van der Waals surface area (Å²) in [5.74, 6) is -1.40. The third-order valence-electron chi connectivity index (χ3n) is 5.25. The number of nitrogens with zero attached hydrogens (tertiary/aromatic N) is 1. The van der Waals surface area contributed by atoms with Crippen LogP contribution in [0.15, 0.2) is 48.7 Å². The van der Waals surface area contributed by atoms with Gasteiger partial charge in [0, 0.05) is 34.9 Å². The molecule has 1 aliphatic heterocycles. The van der Waals surface area contributed by atoms with Gasteiger partial charge in [0.15, 0.2) is 12.2 Å². The van der Waals surface area contributed by atoms with Crippen LogP contribution in [0.2, 0.25) is 0 Å². The minimum atomic E-state index is -1.74. The molecule has 2 heterocycles. The zero-order valence-corrected chi connectivity index (χ0v) is 17.2. The fourth-order valence-corrected chi connectivity index (χ4v) is 3.60. The summed E-state index contributed by atoms with van der Waals surface area (Å²) < 4.78 is 10.1. The zero-order valence-electron chi connectivity index (χ0n) is 17.2. The lowest BCUT2D eigenvalue weighted by Crippen LogP contribution is -2.55. The highest BCUT2D eigenvalue weighted by Gasteiger charge is 2.39. The van der Waals surface area contributed by atoms with E-state index in [9.17, 15) is 19.5 Å². The second-order valence-electron chi connectivity index (χ2n) is 7.26. The number of aliphatic hydroxyl groups excluding tert-OH is 1. The predicted octanol–water partition coefficient (Wildman–Crippen LogP) is 1.27. The molecule has 2 atom stereocenters. The lowest BCUT2D eigenvalue weighted by Gasteiger charge is -2.34. The second-order valence-corrected chi connectivity index (χ2v) is 7.26. The summed E-state index contributed by atoms with van der Waals surface area (Å²) in [6, 6.07) is 11.4. The number of aromatic amines is 1. The summed E-state index contributed by atoms with van der Waals surface area (Å²) >= 11 is 0. The Bertz CT molecular complexity index is 1190. The number of benzene rings is 2. The molecule has 2 amide bonds. The van der Waals surface area contributed by atoms with Crippen molar-refractivity contribution >= 4 is 45.7 Å². The van der Waals surface area contributed by atoms with E-state index < -0.39 is 30.0 Å². The molecule has 0 spiro atoms. The highest BCUT2D eigenvalue weighted by Crippen LogP contribution is 2.25. The van der Waals surface area contributed by atoms with Crippen LogP contribution >= 0.6 is 0 Å². The van der Waals surface area contributed by atoms with Gasteiger partial charge in [-0.25, -0.2) is 4.79 Å². The van der Waals surface area contributed by atoms with E-state index in [0.29, 0.717) is 17.2 Å². The van der Waals surface area contributed by atoms with Crippen molar-refractivity contribution in [2.75, 3.05) is 36.2 Å². The van der Waals surface area contributed by atoms with E-state index >= 15 is 0 Å². The van der Waals surface area contributed by atoms with E-state index in [2.05, 4.69) is 10.3 Å². The lowest BCUT2D eigenvalue weighted by molar-refractivity contribution is -0.150. The molecule has 2 aromatic carbocycles. The van der Waals surface area contributed by atoms with Crippen LogP contribution in [-0.2, 0) is 19.1 Å².